The number of anilines is 1. The van der Waals surface area contributed by atoms with E-state index in [0.717, 1.165) is 32.7 Å². The Balaban J connectivity index is 1.31. The fraction of sp³-hybridized carbons (Fsp3) is 0.269. The number of rotatable bonds is 5. The van der Waals surface area contributed by atoms with Gasteiger partial charge in [0, 0.05) is 36.1 Å². The van der Waals surface area contributed by atoms with Crippen LogP contribution >= 0.6 is 11.3 Å². The minimum absolute atomic E-state index is 0.0554. The normalized spacial score (nSPS) is 18.4. The van der Waals surface area contributed by atoms with Crippen molar-refractivity contribution in [2.24, 2.45) is 0 Å². The van der Waals surface area contributed by atoms with Crippen LogP contribution in [-0.2, 0) is 11.3 Å². The Labute approximate surface area is 197 Å². The fourth-order valence-electron chi connectivity index (χ4n) is 4.32. The number of hydrogen-bond donors (Lipinski definition) is 1. The summed E-state index contributed by atoms with van der Waals surface area (Å²) < 4.78 is 5.74. The number of benzene rings is 2. The lowest BCUT2D eigenvalue weighted by molar-refractivity contribution is -0.0586. The molecule has 2 aromatic heterocycles. The second-order valence-electron chi connectivity index (χ2n) is 8.44. The first-order valence-corrected chi connectivity index (χ1v) is 12.0. The summed E-state index contributed by atoms with van der Waals surface area (Å²) in [6, 6.07) is 18.1. The number of hydrogen-bond acceptors (Lipinski definition) is 6. The number of nitrogens with zero attached hydrogens (tertiary/aromatic N) is 3. The molecule has 1 fully saturated rings. The van der Waals surface area contributed by atoms with Crippen molar-refractivity contribution in [3.05, 3.63) is 77.4 Å². The highest BCUT2D eigenvalue weighted by Crippen LogP contribution is 2.36. The molecule has 1 aliphatic heterocycles. The minimum atomic E-state index is 0.0554. The van der Waals surface area contributed by atoms with Crippen LogP contribution in [0.1, 0.15) is 29.8 Å². The molecular weight excluding hydrogens is 432 g/mol. The Morgan fingerprint density at radius 3 is 2.52 bits per heavy atom. The van der Waals surface area contributed by atoms with Gasteiger partial charge in [-0.15, -0.1) is 11.3 Å². The summed E-state index contributed by atoms with van der Waals surface area (Å²) >= 11 is 1.62. The molecule has 168 valence electrons. The summed E-state index contributed by atoms with van der Waals surface area (Å²) in [5.74, 6) is 0.872. The molecule has 5 rings (SSSR count). The van der Waals surface area contributed by atoms with Crippen molar-refractivity contribution >= 4 is 33.3 Å². The van der Waals surface area contributed by atoms with E-state index in [1.54, 1.807) is 17.7 Å². The molecule has 1 amide bonds. The van der Waals surface area contributed by atoms with Crippen molar-refractivity contribution < 1.29 is 9.53 Å². The van der Waals surface area contributed by atoms with Crippen LogP contribution in [0.5, 0.6) is 0 Å². The van der Waals surface area contributed by atoms with Crippen LogP contribution < -0.4 is 5.32 Å². The third kappa shape index (κ3) is 4.60. The van der Waals surface area contributed by atoms with Crippen molar-refractivity contribution in [2.45, 2.75) is 32.6 Å². The van der Waals surface area contributed by atoms with Crippen LogP contribution in [0, 0.1) is 0 Å². The van der Waals surface area contributed by atoms with E-state index >= 15 is 0 Å². The molecule has 0 saturated carbocycles. The van der Waals surface area contributed by atoms with Crippen molar-refractivity contribution in [3.63, 3.8) is 0 Å². The van der Waals surface area contributed by atoms with Crippen LogP contribution in [0.15, 0.2) is 66.3 Å². The third-order valence-corrected chi connectivity index (χ3v) is 6.71. The van der Waals surface area contributed by atoms with E-state index in [1.165, 1.54) is 0 Å². The largest absolute Gasteiger partial charge is 0.372 e. The Morgan fingerprint density at radius 2 is 1.79 bits per heavy atom. The van der Waals surface area contributed by atoms with Crippen molar-refractivity contribution in [1.29, 1.82) is 0 Å². The number of carbonyl (C=O) groups excluding carboxylic acids is 1. The molecule has 3 heterocycles. The van der Waals surface area contributed by atoms with E-state index in [0.29, 0.717) is 25.2 Å². The highest BCUT2D eigenvalue weighted by molar-refractivity contribution is 7.17. The zero-order chi connectivity index (χ0) is 22.8. The zero-order valence-corrected chi connectivity index (χ0v) is 19.5. The average Bonchev–Trinajstić information content (AvgIpc) is 3.27. The molecule has 0 bridgehead atoms. The van der Waals surface area contributed by atoms with Crippen LogP contribution in [0.3, 0.4) is 0 Å². The lowest BCUT2D eigenvalue weighted by Crippen LogP contribution is -2.48. The van der Waals surface area contributed by atoms with Crippen LogP contribution in [0.2, 0.25) is 0 Å². The summed E-state index contributed by atoms with van der Waals surface area (Å²) in [7, 11) is 0. The first kappa shape index (κ1) is 21.6. The smallest absolute Gasteiger partial charge is 0.254 e. The quantitative estimate of drug-likeness (QED) is 0.444. The Kier molecular flexibility index (Phi) is 6.07. The van der Waals surface area contributed by atoms with Gasteiger partial charge in [-0.25, -0.2) is 9.97 Å². The van der Waals surface area contributed by atoms with Gasteiger partial charge in [0.05, 0.1) is 17.6 Å². The summed E-state index contributed by atoms with van der Waals surface area (Å²) in [4.78, 5) is 24.7. The van der Waals surface area contributed by atoms with Crippen molar-refractivity contribution in [1.82, 2.24) is 14.9 Å². The molecule has 1 saturated heterocycles. The van der Waals surface area contributed by atoms with Gasteiger partial charge in [0.1, 0.15) is 17.0 Å². The highest BCUT2D eigenvalue weighted by atomic mass is 32.1. The van der Waals surface area contributed by atoms with Gasteiger partial charge in [0.15, 0.2) is 0 Å². The second-order valence-corrected chi connectivity index (χ2v) is 9.29. The van der Waals surface area contributed by atoms with Crippen LogP contribution in [-0.4, -0.2) is 46.1 Å². The monoisotopic (exact) mass is 458 g/mol. The molecule has 2 atom stereocenters. The maximum Gasteiger partial charge on any atom is 0.254 e. The first-order valence-electron chi connectivity index (χ1n) is 11.1. The van der Waals surface area contributed by atoms with E-state index in [1.807, 2.05) is 61.2 Å². The lowest BCUT2D eigenvalue weighted by Gasteiger charge is -2.35. The standard InChI is InChI=1S/C26H26N4O2S/c1-17-13-30(14-18(2)32-17)26(31)21-10-8-19(9-11-21)12-27-24-23-22(20-6-4-3-5-7-20)15-33-25(23)29-16-28-24/h3-11,15-18H,12-14H2,1-2H3,(H,27,28,29). The fourth-order valence-corrected chi connectivity index (χ4v) is 5.23. The Hall–Kier alpha value is -3.29. The van der Waals surface area contributed by atoms with Gasteiger partial charge in [-0.05, 0) is 37.1 Å². The van der Waals surface area contributed by atoms with E-state index in [-0.39, 0.29) is 18.1 Å². The van der Waals surface area contributed by atoms with Crippen LogP contribution in [0.25, 0.3) is 21.3 Å². The first-order chi connectivity index (χ1) is 16.1. The molecule has 1 N–H and O–H groups in total. The predicted octanol–water partition coefficient (Wildman–Crippen LogP) is 5.22. The van der Waals surface area contributed by atoms with Gasteiger partial charge in [0.25, 0.3) is 5.91 Å². The summed E-state index contributed by atoms with van der Waals surface area (Å²) in [5, 5.41) is 6.64. The van der Waals surface area contributed by atoms with Gasteiger partial charge in [-0.2, -0.15) is 0 Å². The van der Waals surface area contributed by atoms with Gasteiger partial charge in [0.2, 0.25) is 0 Å². The lowest BCUT2D eigenvalue weighted by atomic mass is 10.1. The number of thiophene rings is 1. The molecule has 4 aromatic rings. The second kappa shape index (κ2) is 9.29. The average molecular weight is 459 g/mol. The number of carbonyl (C=O) groups is 1. The molecular formula is C26H26N4O2S. The molecule has 6 nitrogen and oxygen atoms in total. The topological polar surface area (TPSA) is 67.4 Å². The summed E-state index contributed by atoms with van der Waals surface area (Å²) in [5.41, 5.74) is 4.07. The maximum absolute atomic E-state index is 12.9. The molecule has 0 aliphatic carbocycles. The number of nitrogens with one attached hydrogen (secondary N) is 1. The van der Waals surface area contributed by atoms with Gasteiger partial charge in [-0.1, -0.05) is 42.5 Å². The van der Waals surface area contributed by atoms with E-state index in [4.69, 9.17) is 4.74 Å². The number of amides is 1. The molecule has 0 radical (unpaired) electrons. The molecule has 2 aromatic carbocycles. The SMILES string of the molecule is CC1CN(C(=O)c2ccc(CNc3ncnc4scc(-c5ccccc5)c34)cc2)CC(C)O1. The predicted molar refractivity (Wildman–Crippen MR) is 133 cm³/mol. The molecule has 0 spiro atoms. The highest BCUT2D eigenvalue weighted by Gasteiger charge is 2.26. The van der Waals surface area contributed by atoms with E-state index < -0.39 is 0 Å². The molecule has 7 heteroatoms. The van der Waals surface area contributed by atoms with E-state index in [2.05, 4.69) is 32.8 Å². The third-order valence-electron chi connectivity index (χ3n) is 5.82. The van der Waals surface area contributed by atoms with Gasteiger partial charge < -0.3 is 15.0 Å². The summed E-state index contributed by atoms with van der Waals surface area (Å²) in [6.07, 6.45) is 1.72. The van der Waals surface area contributed by atoms with E-state index in [9.17, 15) is 4.79 Å². The van der Waals surface area contributed by atoms with Crippen molar-refractivity contribution in [3.8, 4) is 11.1 Å². The number of aromatic nitrogens is 2. The Morgan fingerprint density at radius 1 is 1.06 bits per heavy atom. The zero-order valence-electron chi connectivity index (χ0n) is 18.7. The molecule has 2 unspecified atom stereocenters. The van der Waals surface area contributed by atoms with Crippen molar-refractivity contribution in [2.75, 3.05) is 18.4 Å². The summed E-state index contributed by atoms with van der Waals surface area (Å²) in [6.45, 7) is 5.87. The maximum atomic E-state index is 12.9. The Bertz CT molecular complexity index is 1250. The minimum Gasteiger partial charge on any atom is -0.372 e. The molecule has 33 heavy (non-hydrogen) atoms. The number of ether oxygens (including phenoxy) is 1. The van der Waals surface area contributed by atoms with Crippen LogP contribution in [0.4, 0.5) is 5.82 Å². The number of morpholine rings is 1. The molecule has 1 aliphatic rings. The number of fused-ring (bicyclic) bond motifs is 1. The van der Waals surface area contributed by atoms with Gasteiger partial charge in [-0.3, -0.25) is 4.79 Å². The van der Waals surface area contributed by atoms with Gasteiger partial charge >= 0.3 is 0 Å².